The number of likely N-dealkylation sites (tertiary alicyclic amines) is 1. The molecule has 26 heavy (non-hydrogen) atoms. The summed E-state index contributed by atoms with van der Waals surface area (Å²) in [6.07, 6.45) is 7.06. The predicted molar refractivity (Wildman–Crippen MR) is 102 cm³/mol. The number of fused-ring (bicyclic) bond motifs is 5. The molecule has 2 aliphatic carbocycles. The normalized spacial score (nSPS) is 29.8. The highest BCUT2D eigenvalue weighted by molar-refractivity contribution is 6.06. The molecule has 0 aromatic rings. The number of hydrogen-bond acceptors (Lipinski definition) is 3. The number of carbonyl (C=O) groups excluding carboxylic acids is 2. The van der Waals surface area contributed by atoms with Crippen molar-refractivity contribution < 1.29 is 9.59 Å². The molecular formula is C20H32N4O2. The van der Waals surface area contributed by atoms with Crippen molar-refractivity contribution in [2.75, 3.05) is 26.2 Å². The zero-order valence-electron chi connectivity index (χ0n) is 16.2. The van der Waals surface area contributed by atoms with Crippen molar-refractivity contribution in [3.8, 4) is 0 Å². The highest BCUT2D eigenvalue weighted by Crippen LogP contribution is 2.52. The summed E-state index contributed by atoms with van der Waals surface area (Å²) in [7, 11) is 0. The van der Waals surface area contributed by atoms with E-state index in [1.54, 1.807) is 0 Å². The van der Waals surface area contributed by atoms with Gasteiger partial charge in [-0.1, -0.05) is 26.0 Å². The Balaban J connectivity index is 1.46. The van der Waals surface area contributed by atoms with E-state index in [9.17, 15) is 9.59 Å². The van der Waals surface area contributed by atoms with Crippen LogP contribution < -0.4 is 10.6 Å². The maximum atomic E-state index is 12.6. The highest BCUT2D eigenvalue weighted by atomic mass is 16.2. The summed E-state index contributed by atoms with van der Waals surface area (Å²) < 4.78 is 0. The maximum absolute atomic E-state index is 12.6. The van der Waals surface area contributed by atoms with Crippen molar-refractivity contribution in [1.29, 1.82) is 0 Å². The minimum absolute atomic E-state index is 0.0443. The topological polar surface area (TPSA) is 73.8 Å². The summed E-state index contributed by atoms with van der Waals surface area (Å²) >= 11 is 0. The van der Waals surface area contributed by atoms with Crippen molar-refractivity contribution in [3.05, 3.63) is 12.2 Å². The van der Waals surface area contributed by atoms with Gasteiger partial charge in [0, 0.05) is 26.2 Å². The van der Waals surface area contributed by atoms with Crippen LogP contribution in [0, 0.1) is 29.6 Å². The van der Waals surface area contributed by atoms with Crippen molar-refractivity contribution >= 4 is 17.8 Å². The van der Waals surface area contributed by atoms with Gasteiger partial charge in [-0.2, -0.15) is 0 Å². The summed E-state index contributed by atoms with van der Waals surface area (Å²) in [5.74, 6) is 1.95. The van der Waals surface area contributed by atoms with E-state index in [4.69, 9.17) is 0 Å². The Morgan fingerprint density at radius 1 is 1.19 bits per heavy atom. The number of rotatable bonds is 8. The second-order valence-electron chi connectivity index (χ2n) is 8.05. The second-order valence-corrected chi connectivity index (χ2v) is 8.05. The highest BCUT2D eigenvalue weighted by Gasteiger charge is 2.58. The van der Waals surface area contributed by atoms with Gasteiger partial charge < -0.3 is 10.6 Å². The molecular weight excluding hydrogens is 328 g/mol. The lowest BCUT2D eigenvalue weighted by Gasteiger charge is -2.17. The van der Waals surface area contributed by atoms with Crippen LogP contribution in [0.1, 0.15) is 40.0 Å². The Morgan fingerprint density at radius 3 is 2.42 bits per heavy atom. The SMILES string of the molecule is CCNC(=NCCCN1C(=O)C2C3C=CC(C3)C2C1=O)NCCC(C)C. The maximum Gasteiger partial charge on any atom is 0.233 e. The largest absolute Gasteiger partial charge is 0.357 e. The third-order valence-corrected chi connectivity index (χ3v) is 5.73. The first-order chi connectivity index (χ1) is 12.5. The average molecular weight is 361 g/mol. The number of amides is 2. The standard InChI is InChI=1S/C20H32N4O2/c1-4-21-20(23-10-8-13(2)3)22-9-5-11-24-18(25)16-14-6-7-15(12-14)17(16)19(24)26/h6-7,13-17H,4-5,8-12H2,1-3H3,(H2,21,22,23). The molecule has 3 aliphatic rings. The predicted octanol–water partition coefficient (Wildman–Crippen LogP) is 1.78. The fourth-order valence-electron chi connectivity index (χ4n) is 4.43. The summed E-state index contributed by atoms with van der Waals surface area (Å²) in [4.78, 5) is 31.3. The number of guanidine groups is 1. The van der Waals surface area contributed by atoms with Gasteiger partial charge in [0.05, 0.1) is 11.8 Å². The second kappa shape index (κ2) is 8.23. The van der Waals surface area contributed by atoms with Crippen LogP contribution >= 0.6 is 0 Å². The minimum Gasteiger partial charge on any atom is -0.357 e. The van der Waals surface area contributed by atoms with Crippen LogP contribution in [0.4, 0.5) is 0 Å². The third-order valence-electron chi connectivity index (χ3n) is 5.73. The van der Waals surface area contributed by atoms with Gasteiger partial charge in [0.25, 0.3) is 0 Å². The number of hydrogen-bond donors (Lipinski definition) is 2. The molecule has 0 radical (unpaired) electrons. The molecule has 1 saturated carbocycles. The summed E-state index contributed by atoms with van der Waals surface area (Å²) in [5, 5.41) is 6.57. The molecule has 4 unspecified atom stereocenters. The van der Waals surface area contributed by atoms with E-state index in [0.717, 1.165) is 31.9 Å². The van der Waals surface area contributed by atoms with Gasteiger partial charge in [0.15, 0.2) is 5.96 Å². The Labute approximate surface area is 156 Å². The van der Waals surface area contributed by atoms with E-state index in [-0.39, 0.29) is 35.5 Å². The van der Waals surface area contributed by atoms with Crippen LogP contribution in [-0.2, 0) is 9.59 Å². The monoisotopic (exact) mass is 360 g/mol. The average Bonchev–Trinajstić information content (AvgIpc) is 3.27. The third kappa shape index (κ3) is 3.79. The van der Waals surface area contributed by atoms with Crippen molar-refractivity contribution in [2.24, 2.45) is 34.6 Å². The van der Waals surface area contributed by atoms with E-state index < -0.39 is 0 Å². The van der Waals surface area contributed by atoms with Gasteiger partial charge >= 0.3 is 0 Å². The van der Waals surface area contributed by atoms with Crippen LogP contribution in [0.2, 0.25) is 0 Å². The van der Waals surface area contributed by atoms with Gasteiger partial charge in [0.1, 0.15) is 0 Å². The Bertz CT molecular complexity index is 569. The fourth-order valence-corrected chi connectivity index (χ4v) is 4.43. The lowest BCUT2D eigenvalue weighted by Crippen LogP contribution is -2.38. The molecule has 1 aliphatic heterocycles. The Hall–Kier alpha value is -1.85. The van der Waals surface area contributed by atoms with Gasteiger partial charge in [-0.05, 0) is 43.9 Å². The first-order valence-electron chi connectivity index (χ1n) is 10.1. The molecule has 144 valence electrons. The Morgan fingerprint density at radius 2 is 1.85 bits per heavy atom. The smallest absolute Gasteiger partial charge is 0.233 e. The molecule has 4 atom stereocenters. The number of allylic oxidation sites excluding steroid dienone is 2. The molecule has 2 amide bonds. The van der Waals surface area contributed by atoms with E-state index in [2.05, 4.69) is 41.6 Å². The first kappa shape index (κ1) is 18.9. The number of carbonyl (C=O) groups is 2. The molecule has 6 nitrogen and oxygen atoms in total. The van der Waals surface area contributed by atoms with Crippen molar-refractivity contribution in [2.45, 2.75) is 40.0 Å². The van der Waals surface area contributed by atoms with Gasteiger partial charge in [-0.25, -0.2) is 0 Å². The zero-order valence-corrected chi connectivity index (χ0v) is 16.2. The van der Waals surface area contributed by atoms with Crippen molar-refractivity contribution in [1.82, 2.24) is 15.5 Å². The quantitative estimate of drug-likeness (QED) is 0.228. The lowest BCUT2D eigenvalue weighted by atomic mass is 9.85. The zero-order chi connectivity index (χ0) is 18.7. The molecule has 2 bridgehead atoms. The van der Waals surface area contributed by atoms with Crippen LogP contribution in [0.5, 0.6) is 0 Å². The van der Waals surface area contributed by atoms with E-state index in [1.807, 2.05) is 6.92 Å². The number of aliphatic imine (C=N–C) groups is 1. The van der Waals surface area contributed by atoms with Gasteiger partial charge in [-0.3, -0.25) is 19.5 Å². The molecule has 0 aromatic carbocycles. The summed E-state index contributed by atoms with van der Waals surface area (Å²) in [6.45, 7) is 9.25. The number of imide groups is 1. The molecule has 1 heterocycles. The van der Waals surface area contributed by atoms with Crippen LogP contribution in [0.25, 0.3) is 0 Å². The molecule has 1 saturated heterocycles. The molecule has 0 aromatic heterocycles. The number of nitrogens with one attached hydrogen (secondary N) is 2. The fraction of sp³-hybridized carbons (Fsp3) is 0.750. The molecule has 0 spiro atoms. The lowest BCUT2D eigenvalue weighted by molar-refractivity contribution is -0.140. The molecule has 2 N–H and O–H groups in total. The van der Waals surface area contributed by atoms with E-state index >= 15 is 0 Å². The molecule has 3 rings (SSSR count). The first-order valence-corrected chi connectivity index (χ1v) is 10.1. The summed E-state index contributed by atoms with van der Waals surface area (Å²) in [6, 6.07) is 0. The molecule has 6 heteroatoms. The van der Waals surface area contributed by atoms with Crippen molar-refractivity contribution in [3.63, 3.8) is 0 Å². The van der Waals surface area contributed by atoms with Crippen LogP contribution in [-0.4, -0.2) is 48.9 Å². The van der Waals surface area contributed by atoms with E-state index in [1.165, 1.54) is 4.90 Å². The van der Waals surface area contributed by atoms with Gasteiger partial charge in [-0.15, -0.1) is 0 Å². The Kier molecular flexibility index (Phi) is 5.99. The van der Waals surface area contributed by atoms with Crippen LogP contribution in [0.3, 0.4) is 0 Å². The number of nitrogens with zero attached hydrogens (tertiary/aromatic N) is 2. The summed E-state index contributed by atoms with van der Waals surface area (Å²) in [5.41, 5.74) is 0. The molecule has 2 fully saturated rings. The minimum atomic E-state index is -0.0870. The van der Waals surface area contributed by atoms with E-state index in [0.29, 0.717) is 25.4 Å². The van der Waals surface area contributed by atoms with Gasteiger partial charge in [0.2, 0.25) is 11.8 Å². The van der Waals surface area contributed by atoms with Crippen LogP contribution in [0.15, 0.2) is 17.1 Å².